The second kappa shape index (κ2) is 11.3. The average molecular weight is 576 g/mol. The van der Waals surface area contributed by atoms with Crippen molar-refractivity contribution in [1.82, 2.24) is 14.2 Å². The minimum atomic E-state index is -0.126. The molecule has 4 aromatic rings. The van der Waals surface area contributed by atoms with E-state index in [2.05, 4.69) is 66.4 Å². The Morgan fingerprint density at radius 1 is 1.11 bits per heavy atom. The highest BCUT2D eigenvalue weighted by Gasteiger charge is 2.22. The van der Waals surface area contributed by atoms with Gasteiger partial charge in [-0.2, -0.15) is 9.78 Å². The van der Waals surface area contributed by atoms with Crippen LogP contribution in [0.15, 0.2) is 62.9 Å². The van der Waals surface area contributed by atoms with Crippen molar-refractivity contribution in [3.05, 3.63) is 86.1 Å². The minimum Gasteiger partial charge on any atom is -0.491 e. The molecule has 198 valence electrons. The van der Waals surface area contributed by atoms with Crippen molar-refractivity contribution in [2.24, 2.45) is 5.10 Å². The van der Waals surface area contributed by atoms with E-state index in [0.717, 1.165) is 76.3 Å². The lowest BCUT2D eigenvalue weighted by molar-refractivity contribution is 0.217. The van der Waals surface area contributed by atoms with Crippen LogP contribution < -0.4 is 10.3 Å². The van der Waals surface area contributed by atoms with Crippen LogP contribution in [0.3, 0.4) is 0 Å². The first-order valence-corrected chi connectivity index (χ1v) is 14.4. The number of halogens is 1. The van der Waals surface area contributed by atoms with Gasteiger partial charge in [0.15, 0.2) is 0 Å². The van der Waals surface area contributed by atoms with Gasteiger partial charge in [0.05, 0.1) is 23.2 Å². The first-order valence-electron chi connectivity index (χ1n) is 13.6. The summed E-state index contributed by atoms with van der Waals surface area (Å²) in [5, 5.41) is 5.33. The van der Waals surface area contributed by atoms with Crippen LogP contribution in [0.5, 0.6) is 5.75 Å². The Morgan fingerprint density at radius 3 is 2.55 bits per heavy atom. The monoisotopic (exact) mass is 574 g/mol. The van der Waals surface area contributed by atoms with Crippen LogP contribution in [0.4, 0.5) is 0 Å². The summed E-state index contributed by atoms with van der Waals surface area (Å²) in [6, 6.07) is 16.0. The molecule has 1 atom stereocenters. The van der Waals surface area contributed by atoms with Gasteiger partial charge in [-0.1, -0.05) is 42.1 Å². The molecule has 7 heteroatoms. The first-order chi connectivity index (χ1) is 18.4. The van der Waals surface area contributed by atoms with E-state index in [0.29, 0.717) is 5.39 Å². The smallest absolute Gasteiger partial charge is 0.282 e. The maximum absolute atomic E-state index is 13.6. The summed E-state index contributed by atoms with van der Waals surface area (Å²) < 4.78 is 10.5. The zero-order chi connectivity index (χ0) is 26.8. The fourth-order valence-electron chi connectivity index (χ4n) is 5.33. The molecular weight excluding hydrogens is 540 g/mol. The molecule has 0 N–H and O–H groups in total. The number of hydrogen-bond acceptors (Lipinski definition) is 4. The van der Waals surface area contributed by atoms with E-state index in [1.165, 1.54) is 11.1 Å². The molecule has 2 heterocycles. The van der Waals surface area contributed by atoms with Crippen LogP contribution in [-0.4, -0.2) is 26.5 Å². The van der Waals surface area contributed by atoms with Crippen LogP contribution in [-0.2, 0) is 0 Å². The lowest BCUT2D eigenvalue weighted by Crippen LogP contribution is -2.25. The topological polar surface area (TPSA) is 61.4 Å². The molecule has 2 aromatic heterocycles. The lowest BCUT2D eigenvalue weighted by Gasteiger charge is -2.22. The molecule has 0 bridgehead atoms. The average Bonchev–Trinajstić information content (AvgIpc) is 3.21. The fraction of sp³-hybridized carbons (Fsp3) is 0.387. The van der Waals surface area contributed by atoms with Gasteiger partial charge in [0.1, 0.15) is 11.6 Å². The number of hydrogen-bond donors (Lipinski definition) is 0. The fourth-order valence-corrected chi connectivity index (χ4v) is 5.69. The number of nitrogens with zero attached hydrogens (tertiary/aromatic N) is 4. The summed E-state index contributed by atoms with van der Waals surface area (Å²) in [6.07, 6.45) is 8.59. The summed E-state index contributed by atoms with van der Waals surface area (Å²) in [7, 11) is 0. The number of benzene rings is 2. The highest BCUT2D eigenvalue weighted by atomic mass is 79.9. The molecular formula is C31H35BrN4O2. The van der Waals surface area contributed by atoms with Crippen LogP contribution >= 0.6 is 15.9 Å². The van der Waals surface area contributed by atoms with Crippen molar-refractivity contribution >= 4 is 33.0 Å². The van der Waals surface area contributed by atoms with Crippen LogP contribution in [0.2, 0.25) is 0 Å². The van der Waals surface area contributed by atoms with Gasteiger partial charge in [0.25, 0.3) is 5.56 Å². The predicted octanol–water partition coefficient (Wildman–Crippen LogP) is 7.67. The zero-order valence-electron chi connectivity index (χ0n) is 22.6. The number of fused-ring (bicyclic) bond motifs is 1. The molecule has 2 aromatic carbocycles. The van der Waals surface area contributed by atoms with Gasteiger partial charge in [0.2, 0.25) is 0 Å². The molecule has 1 saturated carbocycles. The molecule has 0 aliphatic heterocycles. The van der Waals surface area contributed by atoms with Crippen LogP contribution in [0.1, 0.15) is 81.1 Å². The van der Waals surface area contributed by atoms with Gasteiger partial charge >= 0.3 is 0 Å². The molecule has 0 radical (unpaired) electrons. The molecule has 0 spiro atoms. The normalized spacial score (nSPS) is 15.4. The van der Waals surface area contributed by atoms with Gasteiger partial charge in [-0.05, 0) is 88.6 Å². The summed E-state index contributed by atoms with van der Waals surface area (Å²) in [5.41, 5.74) is 4.79. The van der Waals surface area contributed by atoms with E-state index in [4.69, 9.17) is 14.8 Å². The summed E-state index contributed by atoms with van der Waals surface area (Å²) in [5.74, 6) is 1.88. The number of ether oxygens (including phenoxy) is 1. The highest BCUT2D eigenvalue weighted by Crippen LogP contribution is 2.32. The van der Waals surface area contributed by atoms with Gasteiger partial charge in [0, 0.05) is 33.0 Å². The third-order valence-electron chi connectivity index (χ3n) is 7.59. The van der Waals surface area contributed by atoms with E-state index in [1.54, 1.807) is 6.21 Å². The summed E-state index contributed by atoms with van der Waals surface area (Å²) in [6.45, 7) is 8.36. The molecule has 1 fully saturated rings. The molecule has 38 heavy (non-hydrogen) atoms. The Bertz CT molecular complexity index is 1530. The summed E-state index contributed by atoms with van der Waals surface area (Å²) >= 11 is 3.50. The SMILES string of the molecule is CC[C@@H](C)Oc1ccc(-n2c(C)cc(C=Nn3c(C4CCCCC4)nc4ccc(Br)cc4c3=O)c2C)cc1. The third-order valence-corrected chi connectivity index (χ3v) is 8.09. The van der Waals surface area contributed by atoms with E-state index in [-0.39, 0.29) is 17.6 Å². The Balaban J connectivity index is 1.52. The molecule has 0 amide bonds. The van der Waals surface area contributed by atoms with E-state index >= 15 is 0 Å². The number of rotatable bonds is 7. The second-order valence-electron chi connectivity index (χ2n) is 10.3. The third kappa shape index (κ3) is 5.35. The van der Waals surface area contributed by atoms with Crippen molar-refractivity contribution in [3.63, 3.8) is 0 Å². The molecule has 0 saturated heterocycles. The van der Waals surface area contributed by atoms with E-state index in [1.807, 2.05) is 30.3 Å². The maximum atomic E-state index is 13.6. The van der Waals surface area contributed by atoms with E-state index in [9.17, 15) is 4.79 Å². The van der Waals surface area contributed by atoms with Crippen molar-refractivity contribution in [2.45, 2.75) is 78.2 Å². The highest BCUT2D eigenvalue weighted by molar-refractivity contribution is 9.10. The molecule has 6 nitrogen and oxygen atoms in total. The minimum absolute atomic E-state index is 0.126. The molecule has 5 rings (SSSR count). The quantitative estimate of drug-likeness (QED) is 0.213. The Kier molecular flexibility index (Phi) is 7.84. The van der Waals surface area contributed by atoms with Gasteiger partial charge in [-0.15, -0.1) is 0 Å². The number of aryl methyl sites for hydroxylation is 1. The Morgan fingerprint density at radius 2 is 1.84 bits per heavy atom. The van der Waals surface area contributed by atoms with Crippen molar-refractivity contribution < 1.29 is 4.74 Å². The largest absolute Gasteiger partial charge is 0.491 e. The van der Waals surface area contributed by atoms with Gasteiger partial charge in [-0.3, -0.25) is 4.79 Å². The van der Waals surface area contributed by atoms with Crippen molar-refractivity contribution in [2.75, 3.05) is 0 Å². The van der Waals surface area contributed by atoms with Crippen LogP contribution in [0.25, 0.3) is 16.6 Å². The maximum Gasteiger partial charge on any atom is 0.282 e. The van der Waals surface area contributed by atoms with Crippen LogP contribution in [0, 0.1) is 13.8 Å². The lowest BCUT2D eigenvalue weighted by atomic mass is 9.88. The molecule has 1 aliphatic carbocycles. The van der Waals surface area contributed by atoms with Crippen molar-refractivity contribution in [3.8, 4) is 11.4 Å². The number of aromatic nitrogens is 3. The standard InChI is InChI=1S/C31H35BrN4O2/c1-5-21(3)38-27-14-12-26(13-15-27)35-20(2)17-24(22(35)4)19-33-36-30(23-9-7-6-8-10-23)34-29-16-11-25(32)18-28(29)31(36)37/h11-19,21,23H,5-10H2,1-4H3/t21-/m1/s1. The van der Waals surface area contributed by atoms with E-state index < -0.39 is 0 Å². The molecule has 1 aliphatic rings. The first kappa shape index (κ1) is 26.4. The Hall–Kier alpha value is -3.19. The van der Waals surface area contributed by atoms with Gasteiger partial charge in [-0.25, -0.2) is 4.98 Å². The second-order valence-corrected chi connectivity index (χ2v) is 11.2. The Labute approximate surface area is 232 Å². The summed E-state index contributed by atoms with van der Waals surface area (Å²) in [4.78, 5) is 18.6. The zero-order valence-corrected chi connectivity index (χ0v) is 24.2. The van der Waals surface area contributed by atoms with Crippen molar-refractivity contribution in [1.29, 1.82) is 0 Å². The predicted molar refractivity (Wildman–Crippen MR) is 158 cm³/mol. The molecule has 0 unspecified atom stereocenters. The van der Waals surface area contributed by atoms with Gasteiger partial charge < -0.3 is 9.30 Å².